The van der Waals surface area contributed by atoms with Gasteiger partial charge in [-0.05, 0) is 43.7 Å². The van der Waals surface area contributed by atoms with Crippen molar-refractivity contribution in [2.45, 2.75) is 39.0 Å². The largest absolute Gasteiger partial charge is 0.343 e. The number of rotatable bonds is 4. The third kappa shape index (κ3) is 3.35. The molecule has 0 spiro atoms. The predicted molar refractivity (Wildman–Crippen MR) is 90.6 cm³/mol. The number of carbonyl (C=O) groups excluding carboxylic acids is 3. The first-order chi connectivity index (χ1) is 11.6. The maximum absolute atomic E-state index is 12.4. The van der Waals surface area contributed by atoms with Crippen molar-refractivity contribution < 1.29 is 14.4 Å². The van der Waals surface area contributed by atoms with Crippen LogP contribution in [0.1, 0.15) is 59.7 Å². The summed E-state index contributed by atoms with van der Waals surface area (Å²) in [5.41, 5.74) is 0.936. The first-order valence-electron chi connectivity index (χ1n) is 8.81. The molecule has 2 aliphatic rings. The first kappa shape index (κ1) is 16.7. The van der Waals surface area contributed by atoms with Crippen LogP contribution in [0.3, 0.4) is 0 Å². The second-order valence-corrected chi connectivity index (χ2v) is 6.83. The molecular weight excluding hydrogens is 304 g/mol. The zero-order chi connectivity index (χ0) is 17.1. The molecule has 24 heavy (non-hydrogen) atoms. The van der Waals surface area contributed by atoms with Gasteiger partial charge < -0.3 is 4.90 Å². The molecule has 128 valence electrons. The van der Waals surface area contributed by atoms with Crippen molar-refractivity contribution in [2.75, 3.05) is 19.6 Å². The SMILES string of the molecule is CC1CCCN(C(=O)CCCN2C(=O)c3ccccc3C2=O)CC1. The van der Waals surface area contributed by atoms with Crippen molar-refractivity contribution >= 4 is 17.7 Å². The van der Waals surface area contributed by atoms with Gasteiger partial charge in [0, 0.05) is 26.1 Å². The van der Waals surface area contributed by atoms with Gasteiger partial charge in [-0.2, -0.15) is 0 Å². The summed E-state index contributed by atoms with van der Waals surface area (Å²) in [7, 11) is 0. The molecule has 1 unspecified atom stereocenters. The highest BCUT2D eigenvalue weighted by Crippen LogP contribution is 2.23. The Morgan fingerprint density at radius 3 is 2.42 bits per heavy atom. The minimum Gasteiger partial charge on any atom is -0.343 e. The zero-order valence-electron chi connectivity index (χ0n) is 14.2. The summed E-state index contributed by atoms with van der Waals surface area (Å²) in [6.45, 7) is 4.20. The second-order valence-electron chi connectivity index (χ2n) is 6.83. The van der Waals surface area contributed by atoms with Crippen LogP contribution in [-0.2, 0) is 4.79 Å². The van der Waals surface area contributed by atoms with E-state index in [1.165, 1.54) is 11.3 Å². The van der Waals surface area contributed by atoms with Crippen LogP contribution in [0.25, 0.3) is 0 Å². The Morgan fingerprint density at radius 1 is 1.08 bits per heavy atom. The molecule has 5 nitrogen and oxygen atoms in total. The molecule has 0 aliphatic carbocycles. The Kier molecular flexibility index (Phi) is 4.97. The van der Waals surface area contributed by atoms with Crippen molar-refractivity contribution in [3.8, 4) is 0 Å². The van der Waals surface area contributed by atoms with Crippen LogP contribution < -0.4 is 0 Å². The molecule has 3 amide bonds. The molecule has 2 aliphatic heterocycles. The van der Waals surface area contributed by atoms with Gasteiger partial charge in [0.05, 0.1) is 11.1 Å². The van der Waals surface area contributed by atoms with Gasteiger partial charge in [-0.3, -0.25) is 19.3 Å². The van der Waals surface area contributed by atoms with Crippen LogP contribution in [-0.4, -0.2) is 47.2 Å². The topological polar surface area (TPSA) is 57.7 Å². The molecule has 1 fully saturated rings. The summed E-state index contributed by atoms with van der Waals surface area (Å²) in [5.74, 6) is 0.333. The van der Waals surface area contributed by atoms with Gasteiger partial charge in [-0.25, -0.2) is 0 Å². The van der Waals surface area contributed by atoms with Crippen molar-refractivity contribution in [3.05, 3.63) is 35.4 Å². The Labute approximate surface area is 142 Å². The fourth-order valence-electron chi connectivity index (χ4n) is 3.50. The van der Waals surface area contributed by atoms with Crippen molar-refractivity contribution in [2.24, 2.45) is 5.92 Å². The maximum Gasteiger partial charge on any atom is 0.261 e. The Bertz CT molecular complexity index is 621. The molecule has 0 radical (unpaired) electrons. The number of amides is 3. The number of hydrogen-bond acceptors (Lipinski definition) is 3. The second kappa shape index (κ2) is 7.16. The van der Waals surface area contributed by atoms with E-state index >= 15 is 0 Å². The Balaban J connectivity index is 1.51. The molecule has 0 bridgehead atoms. The Hall–Kier alpha value is -2.17. The standard InChI is InChI=1S/C19H24N2O3/c1-14-6-4-11-20(13-10-14)17(22)9-5-12-21-18(23)15-7-2-3-8-16(15)19(21)24/h2-3,7-8,14H,4-6,9-13H2,1H3. The summed E-state index contributed by atoms with van der Waals surface area (Å²) < 4.78 is 0. The van der Waals surface area contributed by atoms with Crippen molar-refractivity contribution in [1.29, 1.82) is 0 Å². The number of imide groups is 1. The summed E-state index contributed by atoms with van der Waals surface area (Å²) in [6, 6.07) is 6.88. The number of likely N-dealkylation sites (tertiary alicyclic amines) is 1. The molecule has 0 N–H and O–H groups in total. The first-order valence-corrected chi connectivity index (χ1v) is 8.81. The minimum atomic E-state index is -0.244. The number of hydrogen-bond donors (Lipinski definition) is 0. The molecule has 1 atom stereocenters. The lowest BCUT2D eigenvalue weighted by molar-refractivity contribution is -0.131. The summed E-state index contributed by atoms with van der Waals surface area (Å²) >= 11 is 0. The van der Waals surface area contributed by atoms with E-state index in [0.717, 1.165) is 25.9 Å². The van der Waals surface area contributed by atoms with E-state index in [1.54, 1.807) is 24.3 Å². The molecule has 3 rings (SSSR count). The third-order valence-corrected chi connectivity index (χ3v) is 5.02. The monoisotopic (exact) mass is 328 g/mol. The fraction of sp³-hybridized carbons (Fsp3) is 0.526. The van der Waals surface area contributed by atoms with Gasteiger partial charge in [0.2, 0.25) is 5.91 Å². The average molecular weight is 328 g/mol. The van der Waals surface area contributed by atoms with Crippen LogP contribution in [0.5, 0.6) is 0 Å². The van der Waals surface area contributed by atoms with Crippen LogP contribution in [0.15, 0.2) is 24.3 Å². The molecule has 1 saturated heterocycles. The minimum absolute atomic E-state index is 0.140. The van der Waals surface area contributed by atoms with Gasteiger partial charge >= 0.3 is 0 Å². The smallest absolute Gasteiger partial charge is 0.261 e. The van der Waals surface area contributed by atoms with Gasteiger partial charge in [-0.1, -0.05) is 19.1 Å². The van der Waals surface area contributed by atoms with E-state index in [0.29, 0.717) is 36.4 Å². The lowest BCUT2D eigenvalue weighted by Crippen LogP contribution is -2.34. The highest BCUT2D eigenvalue weighted by molar-refractivity contribution is 6.21. The number of fused-ring (bicyclic) bond motifs is 1. The number of benzene rings is 1. The molecule has 2 heterocycles. The lowest BCUT2D eigenvalue weighted by atomic mass is 10.0. The highest BCUT2D eigenvalue weighted by Gasteiger charge is 2.34. The van der Waals surface area contributed by atoms with E-state index in [9.17, 15) is 14.4 Å². The van der Waals surface area contributed by atoms with Crippen LogP contribution in [0.2, 0.25) is 0 Å². The normalized spacial score (nSPS) is 21.0. The number of nitrogens with zero attached hydrogens (tertiary/aromatic N) is 2. The van der Waals surface area contributed by atoms with Crippen LogP contribution in [0.4, 0.5) is 0 Å². The summed E-state index contributed by atoms with van der Waals surface area (Å²) in [6.07, 6.45) is 4.21. The molecule has 5 heteroatoms. The molecular formula is C19H24N2O3. The number of carbonyl (C=O) groups is 3. The van der Waals surface area contributed by atoms with E-state index in [2.05, 4.69) is 6.92 Å². The van der Waals surface area contributed by atoms with Gasteiger partial charge in [0.15, 0.2) is 0 Å². The maximum atomic E-state index is 12.4. The quantitative estimate of drug-likeness (QED) is 0.799. The van der Waals surface area contributed by atoms with Gasteiger partial charge in [0.25, 0.3) is 11.8 Å². The third-order valence-electron chi connectivity index (χ3n) is 5.02. The van der Waals surface area contributed by atoms with Crippen molar-refractivity contribution in [1.82, 2.24) is 9.80 Å². The molecule has 1 aromatic carbocycles. The lowest BCUT2D eigenvalue weighted by Gasteiger charge is -2.21. The van der Waals surface area contributed by atoms with E-state index in [1.807, 2.05) is 4.90 Å². The van der Waals surface area contributed by atoms with Crippen LogP contribution in [0, 0.1) is 5.92 Å². The zero-order valence-corrected chi connectivity index (χ0v) is 14.2. The fourth-order valence-corrected chi connectivity index (χ4v) is 3.50. The van der Waals surface area contributed by atoms with Crippen molar-refractivity contribution in [3.63, 3.8) is 0 Å². The molecule has 1 aromatic rings. The average Bonchev–Trinajstić information content (AvgIpc) is 2.73. The van der Waals surface area contributed by atoms with E-state index in [-0.39, 0.29) is 17.7 Å². The molecule has 0 aromatic heterocycles. The highest BCUT2D eigenvalue weighted by atomic mass is 16.2. The van der Waals surface area contributed by atoms with E-state index < -0.39 is 0 Å². The summed E-state index contributed by atoms with van der Waals surface area (Å²) in [4.78, 5) is 40.1. The Morgan fingerprint density at radius 2 is 1.75 bits per heavy atom. The summed E-state index contributed by atoms with van der Waals surface area (Å²) in [5, 5.41) is 0. The van der Waals surface area contributed by atoms with Gasteiger partial charge in [-0.15, -0.1) is 0 Å². The van der Waals surface area contributed by atoms with Gasteiger partial charge in [0.1, 0.15) is 0 Å². The van der Waals surface area contributed by atoms with E-state index in [4.69, 9.17) is 0 Å². The van der Waals surface area contributed by atoms with Crippen LogP contribution >= 0.6 is 0 Å². The predicted octanol–water partition coefficient (Wildman–Crippen LogP) is 2.71. The molecule has 0 saturated carbocycles.